The second-order valence-corrected chi connectivity index (χ2v) is 6.26. The Morgan fingerprint density at radius 2 is 1.95 bits per heavy atom. The zero-order chi connectivity index (χ0) is 15.0. The molecule has 1 heterocycles. The third-order valence-electron chi connectivity index (χ3n) is 3.06. The van der Waals surface area contributed by atoms with Crippen LogP contribution in [0.4, 0.5) is 11.4 Å². The van der Waals surface area contributed by atoms with Crippen LogP contribution in [0.1, 0.15) is 0 Å². The molecule has 0 spiro atoms. The topological polar surface area (TPSA) is 108 Å². The molecular formula is C14H13N3O3S. The van der Waals surface area contributed by atoms with Crippen molar-refractivity contribution in [2.45, 2.75) is 4.90 Å². The average Bonchev–Trinajstić information content (AvgIpc) is 2.81. The van der Waals surface area contributed by atoms with Gasteiger partial charge in [0.15, 0.2) is 0 Å². The lowest BCUT2D eigenvalue weighted by atomic mass is 10.2. The molecule has 0 radical (unpaired) electrons. The lowest BCUT2D eigenvalue weighted by Crippen LogP contribution is -2.12. The summed E-state index contributed by atoms with van der Waals surface area (Å²) in [5.41, 5.74) is 7.15. The number of fused-ring (bicyclic) bond motifs is 1. The Kier molecular flexibility index (Phi) is 2.99. The zero-order valence-corrected chi connectivity index (χ0v) is 11.7. The molecule has 0 unspecified atom stereocenters. The van der Waals surface area contributed by atoms with Crippen molar-refractivity contribution in [3.63, 3.8) is 0 Å². The van der Waals surface area contributed by atoms with Crippen LogP contribution in [0.3, 0.4) is 0 Å². The number of hydrogen-bond acceptors (Lipinski definition) is 4. The number of H-pyrrole nitrogens is 1. The maximum Gasteiger partial charge on any atom is 0.264 e. The van der Waals surface area contributed by atoms with Crippen LogP contribution in [0.5, 0.6) is 5.75 Å². The van der Waals surface area contributed by atoms with Crippen molar-refractivity contribution < 1.29 is 13.5 Å². The number of nitrogen functional groups attached to an aromatic ring is 1. The first-order valence-corrected chi connectivity index (χ1v) is 7.62. The Balaban J connectivity index is 2.06. The summed E-state index contributed by atoms with van der Waals surface area (Å²) in [6, 6.07) is 10.9. The van der Waals surface area contributed by atoms with Crippen LogP contribution in [-0.4, -0.2) is 18.5 Å². The van der Waals surface area contributed by atoms with Crippen molar-refractivity contribution >= 4 is 32.3 Å². The zero-order valence-electron chi connectivity index (χ0n) is 10.9. The molecule has 0 bridgehead atoms. The molecule has 7 heteroatoms. The second-order valence-electron chi connectivity index (χ2n) is 4.61. The first kappa shape index (κ1) is 13.3. The van der Waals surface area contributed by atoms with Crippen molar-refractivity contribution in [1.82, 2.24) is 4.98 Å². The van der Waals surface area contributed by atoms with Gasteiger partial charge in [-0.3, -0.25) is 4.72 Å². The highest BCUT2D eigenvalue weighted by atomic mass is 32.2. The van der Waals surface area contributed by atoms with Crippen LogP contribution in [0.15, 0.2) is 53.6 Å². The van der Waals surface area contributed by atoms with E-state index in [-0.39, 0.29) is 16.3 Å². The summed E-state index contributed by atoms with van der Waals surface area (Å²) < 4.78 is 27.3. The van der Waals surface area contributed by atoms with E-state index in [1.807, 2.05) is 0 Å². The molecule has 0 saturated carbocycles. The Morgan fingerprint density at radius 3 is 2.71 bits per heavy atom. The minimum absolute atomic E-state index is 0.0154. The van der Waals surface area contributed by atoms with Gasteiger partial charge >= 0.3 is 0 Å². The Hall–Kier alpha value is -2.67. The summed E-state index contributed by atoms with van der Waals surface area (Å²) in [5.74, 6) is -0.0154. The van der Waals surface area contributed by atoms with Gasteiger partial charge < -0.3 is 15.8 Å². The van der Waals surface area contributed by atoms with Crippen molar-refractivity contribution in [3.8, 4) is 5.75 Å². The molecule has 2 aromatic carbocycles. The van der Waals surface area contributed by atoms with Gasteiger partial charge in [0.1, 0.15) is 10.6 Å². The third-order valence-corrected chi connectivity index (χ3v) is 4.48. The van der Waals surface area contributed by atoms with E-state index in [2.05, 4.69) is 9.71 Å². The average molecular weight is 303 g/mol. The summed E-state index contributed by atoms with van der Waals surface area (Å²) in [6.07, 6.45) is 1.41. The van der Waals surface area contributed by atoms with E-state index in [1.165, 1.54) is 18.3 Å². The summed E-state index contributed by atoms with van der Waals surface area (Å²) >= 11 is 0. The molecule has 0 saturated heterocycles. The molecule has 0 aliphatic rings. The van der Waals surface area contributed by atoms with Gasteiger partial charge in [0.05, 0.1) is 5.69 Å². The van der Waals surface area contributed by atoms with E-state index in [4.69, 9.17) is 5.73 Å². The number of rotatable bonds is 3. The highest BCUT2D eigenvalue weighted by Gasteiger charge is 2.19. The van der Waals surface area contributed by atoms with Crippen molar-refractivity contribution in [2.75, 3.05) is 10.5 Å². The SMILES string of the molecule is Nc1ccc2[nH]cc(S(=O)(=O)Nc3cccc(O)c3)c2c1. The smallest absolute Gasteiger partial charge is 0.264 e. The van der Waals surface area contributed by atoms with Crippen LogP contribution in [0.2, 0.25) is 0 Å². The Labute approximate surface area is 121 Å². The lowest BCUT2D eigenvalue weighted by molar-refractivity contribution is 0.475. The van der Waals surface area contributed by atoms with Crippen molar-refractivity contribution in [2.24, 2.45) is 0 Å². The summed E-state index contributed by atoms with van der Waals surface area (Å²) in [7, 11) is -3.78. The van der Waals surface area contributed by atoms with E-state index in [0.29, 0.717) is 16.6 Å². The fourth-order valence-electron chi connectivity index (χ4n) is 2.11. The molecule has 0 aliphatic carbocycles. The van der Waals surface area contributed by atoms with Gasteiger partial charge in [0.2, 0.25) is 0 Å². The standard InChI is InChI=1S/C14H13N3O3S/c15-9-4-5-13-12(6-9)14(8-16-13)21(19,20)17-10-2-1-3-11(18)7-10/h1-8,16-18H,15H2. The molecule has 108 valence electrons. The van der Waals surface area contributed by atoms with Gasteiger partial charge in [-0.15, -0.1) is 0 Å². The van der Waals surface area contributed by atoms with Crippen LogP contribution >= 0.6 is 0 Å². The van der Waals surface area contributed by atoms with Crippen LogP contribution < -0.4 is 10.5 Å². The van der Waals surface area contributed by atoms with Crippen LogP contribution in [0.25, 0.3) is 10.9 Å². The predicted octanol–water partition coefficient (Wildman–Crippen LogP) is 2.26. The molecule has 0 fully saturated rings. The van der Waals surface area contributed by atoms with E-state index in [1.54, 1.807) is 30.3 Å². The summed E-state index contributed by atoms with van der Waals surface area (Å²) in [5, 5.41) is 9.91. The fourth-order valence-corrected chi connectivity index (χ4v) is 3.33. The Morgan fingerprint density at radius 1 is 1.14 bits per heavy atom. The van der Waals surface area contributed by atoms with Gasteiger partial charge in [0, 0.05) is 28.9 Å². The van der Waals surface area contributed by atoms with Crippen LogP contribution in [0, 0.1) is 0 Å². The number of aromatic amines is 1. The van der Waals surface area contributed by atoms with Gasteiger partial charge in [-0.25, -0.2) is 8.42 Å². The molecule has 0 aliphatic heterocycles. The van der Waals surface area contributed by atoms with Gasteiger partial charge in [-0.2, -0.15) is 0 Å². The molecule has 0 atom stereocenters. The first-order valence-electron chi connectivity index (χ1n) is 6.14. The number of aromatic nitrogens is 1. The van der Waals surface area contributed by atoms with Crippen LogP contribution in [-0.2, 0) is 10.0 Å². The second kappa shape index (κ2) is 4.71. The quantitative estimate of drug-likeness (QED) is 0.556. The number of benzene rings is 2. The summed E-state index contributed by atoms with van der Waals surface area (Å²) in [6.45, 7) is 0. The number of sulfonamides is 1. The molecule has 21 heavy (non-hydrogen) atoms. The normalized spacial score (nSPS) is 11.6. The van der Waals surface area contributed by atoms with Crippen molar-refractivity contribution in [3.05, 3.63) is 48.7 Å². The number of anilines is 2. The van der Waals surface area contributed by atoms with E-state index >= 15 is 0 Å². The molecule has 5 N–H and O–H groups in total. The Bertz CT molecular complexity index is 916. The largest absolute Gasteiger partial charge is 0.508 e. The van der Waals surface area contributed by atoms with E-state index in [9.17, 15) is 13.5 Å². The number of phenols is 1. The molecular weight excluding hydrogens is 290 g/mol. The molecule has 3 rings (SSSR count). The van der Waals surface area contributed by atoms with Gasteiger partial charge in [-0.05, 0) is 30.3 Å². The monoisotopic (exact) mass is 303 g/mol. The number of nitrogens with one attached hydrogen (secondary N) is 2. The third kappa shape index (κ3) is 2.50. The molecule has 0 amide bonds. The lowest BCUT2D eigenvalue weighted by Gasteiger charge is -2.07. The van der Waals surface area contributed by atoms with Gasteiger partial charge in [-0.1, -0.05) is 6.07 Å². The molecule has 1 aromatic heterocycles. The van der Waals surface area contributed by atoms with E-state index < -0.39 is 10.0 Å². The first-order chi connectivity index (χ1) is 9.95. The van der Waals surface area contributed by atoms with Gasteiger partial charge in [0.25, 0.3) is 10.0 Å². The summed E-state index contributed by atoms with van der Waals surface area (Å²) in [4.78, 5) is 3.00. The van der Waals surface area contributed by atoms with Crippen molar-refractivity contribution in [1.29, 1.82) is 0 Å². The number of hydrogen-bond donors (Lipinski definition) is 4. The number of phenolic OH excluding ortho intramolecular Hbond substituents is 1. The fraction of sp³-hybridized carbons (Fsp3) is 0. The maximum atomic E-state index is 12.4. The minimum atomic E-state index is -3.78. The number of aromatic hydroxyl groups is 1. The predicted molar refractivity (Wildman–Crippen MR) is 81.6 cm³/mol. The minimum Gasteiger partial charge on any atom is -0.508 e. The number of nitrogens with two attached hydrogens (primary N) is 1. The highest BCUT2D eigenvalue weighted by molar-refractivity contribution is 7.93. The van der Waals surface area contributed by atoms with E-state index in [0.717, 1.165) is 0 Å². The maximum absolute atomic E-state index is 12.4. The highest BCUT2D eigenvalue weighted by Crippen LogP contribution is 2.27. The molecule has 6 nitrogen and oxygen atoms in total. The molecule has 3 aromatic rings.